The third kappa shape index (κ3) is 1.75. The molecule has 2 heterocycles. The molecule has 2 aromatic heterocycles. The van der Waals surface area contributed by atoms with E-state index >= 15 is 0 Å². The van der Waals surface area contributed by atoms with Crippen LogP contribution in [-0.2, 0) is 0 Å². The molecule has 0 aliphatic rings. The lowest BCUT2D eigenvalue weighted by atomic mass is 10.2. The molecule has 0 bridgehead atoms. The SMILES string of the molecule is Cc1cc(-c2nccs2)cc(C)n1. The Hall–Kier alpha value is -1.22. The first-order valence-corrected chi connectivity index (χ1v) is 4.99. The largest absolute Gasteiger partial charge is 0.258 e. The molecular weight excluding hydrogens is 180 g/mol. The lowest BCUT2D eigenvalue weighted by Gasteiger charge is -1.99. The maximum Gasteiger partial charge on any atom is 0.123 e. The van der Waals surface area contributed by atoms with Gasteiger partial charge in [0, 0.05) is 28.5 Å². The summed E-state index contributed by atoms with van der Waals surface area (Å²) in [5.41, 5.74) is 3.26. The number of aromatic nitrogens is 2. The highest BCUT2D eigenvalue weighted by molar-refractivity contribution is 7.13. The van der Waals surface area contributed by atoms with E-state index in [4.69, 9.17) is 0 Å². The van der Waals surface area contributed by atoms with E-state index in [0.29, 0.717) is 0 Å². The van der Waals surface area contributed by atoms with Crippen LogP contribution in [0, 0.1) is 13.8 Å². The number of hydrogen-bond donors (Lipinski definition) is 0. The molecule has 0 amide bonds. The van der Waals surface area contributed by atoms with Crippen molar-refractivity contribution in [2.24, 2.45) is 0 Å². The van der Waals surface area contributed by atoms with Crippen LogP contribution < -0.4 is 0 Å². The average molecular weight is 190 g/mol. The molecule has 2 aromatic rings. The summed E-state index contributed by atoms with van der Waals surface area (Å²) in [6.07, 6.45) is 1.82. The Bertz CT molecular complexity index is 387. The summed E-state index contributed by atoms with van der Waals surface area (Å²) in [7, 11) is 0. The number of pyridine rings is 1. The quantitative estimate of drug-likeness (QED) is 0.691. The number of aryl methyl sites for hydroxylation is 2. The summed E-state index contributed by atoms with van der Waals surface area (Å²) in [5, 5.41) is 3.05. The number of hydrogen-bond acceptors (Lipinski definition) is 3. The van der Waals surface area contributed by atoms with Gasteiger partial charge in [0.15, 0.2) is 0 Å². The van der Waals surface area contributed by atoms with Gasteiger partial charge in [-0.15, -0.1) is 11.3 Å². The van der Waals surface area contributed by atoms with Crippen molar-refractivity contribution in [3.8, 4) is 10.6 Å². The molecule has 0 atom stereocenters. The third-order valence-corrected chi connectivity index (χ3v) is 2.58. The van der Waals surface area contributed by atoms with E-state index in [1.165, 1.54) is 5.56 Å². The fourth-order valence-corrected chi connectivity index (χ4v) is 1.95. The van der Waals surface area contributed by atoms with E-state index in [1.54, 1.807) is 11.3 Å². The number of nitrogens with zero attached hydrogens (tertiary/aromatic N) is 2. The lowest BCUT2D eigenvalue weighted by molar-refractivity contribution is 1.12. The monoisotopic (exact) mass is 190 g/mol. The number of thiazole rings is 1. The highest BCUT2D eigenvalue weighted by atomic mass is 32.1. The van der Waals surface area contributed by atoms with Crippen LogP contribution in [0.25, 0.3) is 10.6 Å². The Labute approximate surface area is 81.3 Å². The van der Waals surface area contributed by atoms with E-state index in [1.807, 2.05) is 25.4 Å². The zero-order chi connectivity index (χ0) is 9.26. The molecule has 0 saturated heterocycles. The molecule has 0 fully saturated rings. The van der Waals surface area contributed by atoms with Crippen LogP contribution in [0.5, 0.6) is 0 Å². The van der Waals surface area contributed by atoms with Gasteiger partial charge in [-0.1, -0.05) is 0 Å². The van der Waals surface area contributed by atoms with E-state index in [2.05, 4.69) is 22.1 Å². The van der Waals surface area contributed by atoms with Crippen LogP contribution >= 0.6 is 11.3 Å². The van der Waals surface area contributed by atoms with Crippen molar-refractivity contribution >= 4 is 11.3 Å². The molecule has 66 valence electrons. The summed E-state index contributed by atoms with van der Waals surface area (Å²) >= 11 is 1.65. The van der Waals surface area contributed by atoms with Crippen LogP contribution in [0.1, 0.15) is 11.4 Å². The fourth-order valence-electron chi connectivity index (χ4n) is 1.32. The zero-order valence-corrected chi connectivity index (χ0v) is 8.43. The van der Waals surface area contributed by atoms with E-state index in [9.17, 15) is 0 Å². The minimum Gasteiger partial charge on any atom is -0.258 e. The normalized spacial score (nSPS) is 10.3. The lowest BCUT2D eigenvalue weighted by Crippen LogP contribution is -1.87. The van der Waals surface area contributed by atoms with Crippen molar-refractivity contribution < 1.29 is 0 Å². The molecule has 0 saturated carbocycles. The summed E-state index contributed by atoms with van der Waals surface area (Å²) in [6, 6.07) is 4.12. The summed E-state index contributed by atoms with van der Waals surface area (Å²) in [6.45, 7) is 4.01. The van der Waals surface area contributed by atoms with Gasteiger partial charge < -0.3 is 0 Å². The van der Waals surface area contributed by atoms with Crippen LogP contribution in [0.15, 0.2) is 23.7 Å². The summed E-state index contributed by atoms with van der Waals surface area (Å²) in [5.74, 6) is 0. The van der Waals surface area contributed by atoms with Gasteiger partial charge in [0.05, 0.1) is 0 Å². The molecule has 3 heteroatoms. The highest BCUT2D eigenvalue weighted by Gasteiger charge is 2.01. The van der Waals surface area contributed by atoms with Crippen LogP contribution in [0.4, 0.5) is 0 Å². The molecule has 0 spiro atoms. The second kappa shape index (κ2) is 3.26. The minimum atomic E-state index is 1.05. The van der Waals surface area contributed by atoms with Crippen LogP contribution in [0.3, 0.4) is 0 Å². The first-order valence-electron chi connectivity index (χ1n) is 4.11. The molecule has 2 rings (SSSR count). The van der Waals surface area contributed by atoms with Crippen molar-refractivity contribution in [2.75, 3.05) is 0 Å². The predicted octanol–water partition coefficient (Wildman–Crippen LogP) is 2.82. The first-order chi connectivity index (χ1) is 6.25. The van der Waals surface area contributed by atoms with Gasteiger partial charge in [-0.25, -0.2) is 4.98 Å². The van der Waals surface area contributed by atoms with E-state index in [0.717, 1.165) is 16.4 Å². The molecule has 2 nitrogen and oxygen atoms in total. The maximum absolute atomic E-state index is 4.32. The van der Waals surface area contributed by atoms with Crippen LogP contribution in [0.2, 0.25) is 0 Å². The molecule has 0 aromatic carbocycles. The fraction of sp³-hybridized carbons (Fsp3) is 0.200. The first kappa shape index (κ1) is 8.38. The van der Waals surface area contributed by atoms with Crippen molar-refractivity contribution in [2.45, 2.75) is 13.8 Å². The summed E-state index contributed by atoms with van der Waals surface area (Å²) < 4.78 is 0. The van der Waals surface area contributed by atoms with Gasteiger partial charge in [0.2, 0.25) is 0 Å². The molecule has 0 unspecified atom stereocenters. The Morgan fingerprint density at radius 1 is 1.15 bits per heavy atom. The molecule has 0 radical (unpaired) electrons. The van der Waals surface area contributed by atoms with Gasteiger partial charge in [-0.2, -0.15) is 0 Å². The van der Waals surface area contributed by atoms with E-state index in [-0.39, 0.29) is 0 Å². The van der Waals surface area contributed by atoms with Crippen molar-refractivity contribution in [3.63, 3.8) is 0 Å². The van der Waals surface area contributed by atoms with E-state index < -0.39 is 0 Å². The third-order valence-electron chi connectivity index (χ3n) is 1.76. The van der Waals surface area contributed by atoms with Gasteiger partial charge in [0.1, 0.15) is 5.01 Å². The Balaban J connectivity index is 2.53. The maximum atomic E-state index is 4.32. The highest BCUT2D eigenvalue weighted by Crippen LogP contribution is 2.22. The predicted molar refractivity (Wildman–Crippen MR) is 54.8 cm³/mol. The van der Waals surface area contributed by atoms with Crippen molar-refractivity contribution in [1.82, 2.24) is 9.97 Å². The topological polar surface area (TPSA) is 25.8 Å². The Morgan fingerprint density at radius 2 is 1.85 bits per heavy atom. The van der Waals surface area contributed by atoms with Crippen molar-refractivity contribution in [3.05, 3.63) is 35.1 Å². The second-order valence-corrected chi connectivity index (χ2v) is 3.87. The summed E-state index contributed by atoms with van der Waals surface area (Å²) in [4.78, 5) is 8.58. The Morgan fingerprint density at radius 3 is 2.38 bits per heavy atom. The zero-order valence-electron chi connectivity index (χ0n) is 7.61. The second-order valence-electron chi connectivity index (χ2n) is 2.98. The van der Waals surface area contributed by atoms with Gasteiger partial charge in [-0.05, 0) is 26.0 Å². The smallest absolute Gasteiger partial charge is 0.123 e. The molecule has 0 N–H and O–H groups in total. The molecular formula is C10H10N2S. The number of rotatable bonds is 1. The molecule has 0 aliphatic carbocycles. The minimum absolute atomic E-state index is 1.05. The standard InChI is InChI=1S/C10H10N2S/c1-7-5-9(6-8(2)12-7)10-11-3-4-13-10/h3-6H,1-2H3. The van der Waals surface area contributed by atoms with Crippen molar-refractivity contribution in [1.29, 1.82) is 0 Å². The van der Waals surface area contributed by atoms with Crippen LogP contribution in [-0.4, -0.2) is 9.97 Å². The van der Waals surface area contributed by atoms with Gasteiger partial charge >= 0.3 is 0 Å². The molecule has 13 heavy (non-hydrogen) atoms. The van der Waals surface area contributed by atoms with Gasteiger partial charge in [-0.3, -0.25) is 4.98 Å². The van der Waals surface area contributed by atoms with Gasteiger partial charge in [0.25, 0.3) is 0 Å². The Kier molecular flexibility index (Phi) is 2.10. The average Bonchev–Trinajstić information content (AvgIpc) is 2.53. The molecule has 0 aliphatic heterocycles.